The number of benzene rings is 1. The Bertz CT molecular complexity index is 1180. The Balaban J connectivity index is 1.11. The van der Waals surface area contributed by atoms with Crippen LogP contribution in [-0.2, 0) is 20.9 Å². The highest BCUT2D eigenvalue weighted by atomic mass is 19.1. The van der Waals surface area contributed by atoms with Crippen LogP contribution in [0, 0.1) is 17.7 Å². The molecular formula is C30H42FN5O5. The molecular weight excluding hydrogens is 529 g/mol. The highest BCUT2D eigenvalue weighted by Crippen LogP contribution is 2.36. The Hall–Kier alpha value is -3.21. The molecule has 0 aromatic heterocycles. The van der Waals surface area contributed by atoms with Crippen molar-refractivity contribution in [1.82, 2.24) is 20.4 Å². The monoisotopic (exact) mass is 571 g/mol. The van der Waals surface area contributed by atoms with E-state index < -0.39 is 17.8 Å². The minimum Gasteiger partial charge on any atom is -0.449 e. The summed E-state index contributed by atoms with van der Waals surface area (Å²) in [6.07, 6.45) is 4.46. The van der Waals surface area contributed by atoms with Crippen LogP contribution in [0.5, 0.6) is 0 Å². The van der Waals surface area contributed by atoms with Crippen LogP contribution >= 0.6 is 0 Å². The molecule has 3 fully saturated rings. The summed E-state index contributed by atoms with van der Waals surface area (Å²) in [6.45, 7) is 10.7. The van der Waals surface area contributed by atoms with Gasteiger partial charge < -0.3 is 19.9 Å². The molecule has 1 unspecified atom stereocenters. The van der Waals surface area contributed by atoms with Crippen molar-refractivity contribution < 1.29 is 28.3 Å². The second-order valence-electron chi connectivity index (χ2n) is 13.0. The van der Waals surface area contributed by atoms with Crippen LogP contribution < -0.4 is 15.5 Å². The van der Waals surface area contributed by atoms with Crippen LogP contribution in [-0.4, -0.2) is 84.5 Å². The minimum absolute atomic E-state index is 0.184. The van der Waals surface area contributed by atoms with Gasteiger partial charge in [-0.25, -0.2) is 9.18 Å². The number of halogens is 1. The molecule has 4 aliphatic rings. The number of nitrogens with zero attached hydrogens (tertiary/aromatic N) is 3. The molecule has 4 amide bonds. The summed E-state index contributed by atoms with van der Waals surface area (Å²) in [5.41, 5.74) is 1.48. The lowest BCUT2D eigenvalue weighted by Gasteiger charge is -2.39. The van der Waals surface area contributed by atoms with Crippen LogP contribution in [0.15, 0.2) is 12.1 Å². The molecule has 3 heterocycles. The van der Waals surface area contributed by atoms with Gasteiger partial charge in [0.05, 0.1) is 6.61 Å². The van der Waals surface area contributed by atoms with Crippen LogP contribution in [0.2, 0.25) is 0 Å². The van der Waals surface area contributed by atoms with E-state index in [1.807, 2.05) is 20.8 Å². The first-order chi connectivity index (χ1) is 19.5. The summed E-state index contributed by atoms with van der Waals surface area (Å²) in [4.78, 5) is 55.2. The molecule has 0 radical (unpaired) electrons. The SMILES string of the molecule is CC(C)(C)NC(=O)OCC1CCC(CN2CCN(c3cc(F)cc4c3CN(C3CCC(=O)NC3=O)C4=O)CC2)CC1. The number of alkyl carbamates (subject to hydrolysis) is 1. The third kappa shape index (κ3) is 6.99. The number of ether oxygens (including phenoxy) is 1. The van der Waals surface area contributed by atoms with Crippen LogP contribution in [0.4, 0.5) is 14.9 Å². The second-order valence-corrected chi connectivity index (χ2v) is 13.0. The van der Waals surface area contributed by atoms with Gasteiger partial charge in [0.25, 0.3) is 5.91 Å². The first-order valence-corrected chi connectivity index (χ1v) is 14.9. The lowest BCUT2D eigenvalue weighted by atomic mass is 9.82. The van der Waals surface area contributed by atoms with Crippen LogP contribution in [0.3, 0.4) is 0 Å². The maximum atomic E-state index is 14.7. The zero-order valence-electron chi connectivity index (χ0n) is 24.3. The van der Waals surface area contributed by atoms with E-state index in [-0.39, 0.29) is 42.8 Å². The molecule has 0 spiro atoms. The van der Waals surface area contributed by atoms with E-state index in [0.717, 1.165) is 69.7 Å². The number of piperidine rings is 1. The molecule has 1 aromatic rings. The zero-order valence-corrected chi connectivity index (χ0v) is 24.3. The Kier molecular flexibility index (Phi) is 8.54. The number of amides is 4. The van der Waals surface area contributed by atoms with E-state index in [1.165, 1.54) is 17.0 Å². The molecule has 1 saturated carbocycles. The number of nitrogens with one attached hydrogen (secondary N) is 2. The molecule has 1 atom stereocenters. The van der Waals surface area contributed by atoms with E-state index in [1.54, 1.807) is 0 Å². The number of fused-ring (bicyclic) bond motifs is 1. The highest BCUT2D eigenvalue weighted by Gasteiger charge is 2.41. The third-order valence-electron chi connectivity index (χ3n) is 8.72. The predicted octanol–water partition coefficient (Wildman–Crippen LogP) is 3.04. The largest absolute Gasteiger partial charge is 0.449 e. The number of rotatable bonds is 6. The number of anilines is 1. The van der Waals surface area contributed by atoms with Gasteiger partial charge in [-0.05, 0) is 76.8 Å². The maximum absolute atomic E-state index is 14.7. The molecule has 1 aromatic carbocycles. The topological polar surface area (TPSA) is 111 Å². The smallest absolute Gasteiger partial charge is 0.407 e. The Morgan fingerprint density at radius 1 is 1.02 bits per heavy atom. The Morgan fingerprint density at radius 3 is 2.37 bits per heavy atom. The van der Waals surface area contributed by atoms with Crippen molar-refractivity contribution in [1.29, 1.82) is 0 Å². The fourth-order valence-corrected chi connectivity index (χ4v) is 6.54. The number of carbonyl (C=O) groups is 4. The normalized spacial score (nSPS) is 25.7. The minimum atomic E-state index is -0.720. The Morgan fingerprint density at radius 2 is 1.71 bits per heavy atom. The predicted molar refractivity (Wildman–Crippen MR) is 151 cm³/mol. The zero-order chi connectivity index (χ0) is 29.3. The lowest BCUT2D eigenvalue weighted by Crippen LogP contribution is -2.52. The van der Waals surface area contributed by atoms with Crippen molar-refractivity contribution in [2.75, 3.05) is 44.2 Å². The molecule has 5 rings (SSSR count). The quantitative estimate of drug-likeness (QED) is 0.505. The molecule has 2 N–H and O–H groups in total. The summed E-state index contributed by atoms with van der Waals surface area (Å²) in [5.74, 6) is -0.597. The van der Waals surface area contributed by atoms with Gasteiger partial charge in [-0.3, -0.25) is 24.6 Å². The number of carbonyl (C=O) groups excluding carboxylic acids is 4. The molecule has 3 aliphatic heterocycles. The number of piperazine rings is 1. The van der Waals surface area contributed by atoms with Gasteiger partial charge in [0.1, 0.15) is 11.9 Å². The van der Waals surface area contributed by atoms with Crippen molar-refractivity contribution in [2.24, 2.45) is 11.8 Å². The van der Waals surface area contributed by atoms with Crippen LogP contribution in [0.1, 0.15) is 75.2 Å². The number of imide groups is 1. The van der Waals surface area contributed by atoms with Crippen molar-refractivity contribution in [3.63, 3.8) is 0 Å². The summed E-state index contributed by atoms with van der Waals surface area (Å²) >= 11 is 0. The van der Waals surface area contributed by atoms with Gasteiger partial charge >= 0.3 is 6.09 Å². The van der Waals surface area contributed by atoms with Crippen LogP contribution in [0.25, 0.3) is 0 Å². The van der Waals surface area contributed by atoms with E-state index >= 15 is 0 Å². The maximum Gasteiger partial charge on any atom is 0.407 e. The van der Waals surface area contributed by atoms with E-state index in [0.29, 0.717) is 24.0 Å². The Labute approximate surface area is 240 Å². The van der Waals surface area contributed by atoms with Gasteiger partial charge in [-0.2, -0.15) is 0 Å². The lowest BCUT2D eigenvalue weighted by molar-refractivity contribution is -0.136. The molecule has 41 heavy (non-hydrogen) atoms. The van der Waals surface area contributed by atoms with E-state index in [9.17, 15) is 23.6 Å². The third-order valence-corrected chi connectivity index (χ3v) is 8.72. The molecule has 1 aliphatic carbocycles. The summed E-state index contributed by atoms with van der Waals surface area (Å²) in [5, 5.41) is 5.15. The van der Waals surface area contributed by atoms with Gasteiger partial charge in [0.2, 0.25) is 11.8 Å². The van der Waals surface area contributed by atoms with E-state index in [2.05, 4.69) is 20.4 Å². The highest BCUT2D eigenvalue weighted by molar-refractivity contribution is 6.06. The average molecular weight is 572 g/mol. The van der Waals surface area contributed by atoms with Crippen molar-refractivity contribution in [2.45, 2.75) is 77.4 Å². The molecule has 2 saturated heterocycles. The van der Waals surface area contributed by atoms with Gasteiger partial charge in [0, 0.05) is 68.0 Å². The standard InChI is InChI=1S/C30H42FN5O5/c1-30(2,3)33-29(40)41-18-20-6-4-19(5-7-20)16-34-10-12-35(13-11-34)25-15-21(31)14-22-23(25)17-36(28(22)39)24-8-9-26(37)32-27(24)38/h14-15,19-20,24H,4-13,16-18H2,1-3H3,(H,33,40)(H,32,37,38). The molecule has 10 nitrogen and oxygen atoms in total. The molecule has 11 heteroatoms. The van der Waals surface area contributed by atoms with Gasteiger partial charge in [0.15, 0.2) is 0 Å². The average Bonchev–Trinajstić information content (AvgIpc) is 3.23. The van der Waals surface area contributed by atoms with Crippen molar-refractivity contribution in [3.8, 4) is 0 Å². The first kappa shape index (κ1) is 29.3. The number of hydrogen-bond acceptors (Lipinski definition) is 7. The summed E-state index contributed by atoms with van der Waals surface area (Å²) < 4.78 is 20.1. The number of hydrogen-bond donors (Lipinski definition) is 2. The second kappa shape index (κ2) is 12.0. The van der Waals surface area contributed by atoms with Crippen molar-refractivity contribution in [3.05, 3.63) is 29.1 Å². The van der Waals surface area contributed by atoms with Gasteiger partial charge in [-0.15, -0.1) is 0 Å². The summed E-state index contributed by atoms with van der Waals surface area (Å²) in [7, 11) is 0. The molecule has 0 bridgehead atoms. The fourth-order valence-electron chi connectivity index (χ4n) is 6.54. The van der Waals surface area contributed by atoms with Gasteiger partial charge in [-0.1, -0.05) is 0 Å². The van der Waals surface area contributed by atoms with Crippen molar-refractivity contribution >= 4 is 29.5 Å². The fraction of sp³-hybridized carbons (Fsp3) is 0.667. The first-order valence-electron chi connectivity index (χ1n) is 14.9. The molecule has 224 valence electrons. The van der Waals surface area contributed by atoms with E-state index in [4.69, 9.17) is 4.74 Å². The summed E-state index contributed by atoms with van der Waals surface area (Å²) in [6, 6.07) is 2.05.